The molecular weight excluding hydrogens is 494 g/mol. The van der Waals surface area contributed by atoms with E-state index >= 15 is 0 Å². The minimum atomic E-state index is -3.76. The van der Waals surface area contributed by atoms with Crippen molar-refractivity contribution in [1.82, 2.24) is 15.0 Å². The van der Waals surface area contributed by atoms with Crippen LogP contribution in [0.5, 0.6) is 11.5 Å². The Morgan fingerprint density at radius 2 is 1.65 bits per heavy atom. The van der Waals surface area contributed by atoms with Crippen LogP contribution in [0.25, 0.3) is 33.3 Å². The number of benzene rings is 3. The smallest absolute Gasteiger partial charge is 0.261 e. The Morgan fingerprint density at radius 1 is 0.946 bits per heavy atom. The Bertz CT molecular complexity index is 1740. The molecule has 5 aromatic rings. The van der Waals surface area contributed by atoms with Crippen LogP contribution in [0.15, 0.2) is 70.4 Å². The van der Waals surface area contributed by atoms with Gasteiger partial charge < -0.3 is 24.8 Å². The third-order valence-corrected chi connectivity index (χ3v) is 7.04. The molecule has 2 aromatic heterocycles. The number of methoxy groups -OCH3 is 2. The van der Waals surface area contributed by atoms with Crippen molar-refractivity contribution in [3.05, 3.63) is 76.6 Å². The van der Waals surface area contributed by atoms with Crippen molar-refractivity contribution < 1.29 is 17.9 Å². The Hall–Kier alpha value is -4.35. The van der Waals surface area contributed by atoms with Gasteiger partial charge in [0.25, 0.3) is 5.56 Å². The van der Waals surface area contributed by atoms with Crippen molar-refractivity contribution in [1.29, 1.82) is 0 Å². The first kappa shape index (κ1) is 24.3. The topological polar surface area (TPSA) is 152 Å². The molecule has 11 heteroatoms. The van der Waals surface area contributed by atoms with E-state index < -0.39 is 10.0 Å². The van der Waals surface area contributed by atoms with Crippen molar-refractivity contribution in [3.8, 4) is 22.9 Å². The molecule has 0 radical (unpaired) electrons. The lowest BCUT2D eigenvalue weighted by atomic mass is 10.1. The lowest BCUT2D eigenvalue weighted by Crippen LogP contribution is -2.16. The highest BCUT2D eigenvalue weighted by atomic mass is 32.2. The van der Waals surface area contributed by atoms with E-state index in [-0.39, 0.29) is 10.5 Å². The summed E-state index contributed by atoms with van der Waals surface area (Å²) in [6.07, 6.45) is 0.562. The van der Waals surface area contributed by atoms with E-state index in [4.69, 9.17) is 14.6 Å². The van der Waals surface area contributed by atoms with Crippen LogP contribution in [0.2, 0.25) is 0 Å². The number of para-hydroxylation sites is 2. The molecule has 190 valence electrons. The zero-order valence-corrected chi connectivity index (χ0v) is 21.0. The van der Waals surface area contributed by atoms with Crippen molar-refractivity contribution in [2.45, 2.75) is 11.3 Å². The first-order valence-corrected chi connectivity index (χ1v) is 13.0. The number of hydrogen-bond acceptors (Lipinski definition) is 7. The Labute approximate surface area is 212 Å². The monoisotopic (exact) mass is 519 g/mol. The van der Waals surface area contributed by atoms with Gasteiger partial charge in [-0.05, 0) is 42.3 Å². The second kappa shape index (κ2) is 9.60. The zero-order valence-electron chi connectivity index (χ0n) is 20.2. The molecule has 0 saturated heterocycles. The number of aromatic amines is 2. The fraction of sp³-hybridized carbons (Fsp3) is 0.154. The molecule has 0 saturated carbocycles. The molecule has 0 atom stereocenters. The molecule has 37 heavy (non-hydrogen) atoms. The maximum atomic E-state index is 13.4. The second-order valence-corrected chi connectivity index (χ2v) is 9.99. The highest BCUT2D eigenvalue weighted by Gasteiger charge is 2.20. The number of ether oxygens (including phenoxy) is 2. The van der Waals surface area contributed by atoms with Crippen LogP contribution in [0.1, 0.15) is 5.56 Å². The van der Waals surface area contributed by atoms with Gasteiger partial charge in [0.15, 0.2) is 11.5 Å². The number of rotatable bonds is 8. The summed E-state index contributed by atoms with van der Waals surface area (Å²) in [6.45, 7) is 0.453. The zero-order chi connectivity index (χ0) is 26.2. The molecular formula is C26H25N5O5S. The third kappa shape index (κ3) is 4.74. The van der Waals surface area contributed by atoms with Crippen LogP contribution < -0.4 is 25.5 Å². The molecule has 0 fully saturated rings. The van der Waals surface area contributed by atoms with Gasteiger partial charge in [0.05, 0.1) is 41.4 Å². The van der Waals surface area contributed by atoms with Crippen LogP contribution in [0.3, 0.4) is 0 Å². The van der Waals surface area contributed by atoms with Crippen molar-refractivity contribution >= 4 is 37.6 Å². The molecule has 0 aliphatic carbocycles. The van der Waals surface area contributed by atoms with Gasteiger partial charge in [-0.25, -0.2) is 18.5 Å². The first-order chi connectivity index (χ1) is 17.8. The van der Waals surface area contributed by atoms with Gasteiger partial charge in [0.1, 0.15) is 11.4 Å². The minimum Gasteiger partial charge on any atom is -0.493 e. The van der Waals surface area contributed by atoms with E-state index in [2.05, 4.69) is 20.3 Å². The summed E-state index contributed by atoms with van der Waals surface area (Å²) in [5, 5.41) is 9.32. The van der Waals surface area contributed by atoms with E-state index in [0.29, 0.717) is 47.1 Å². The van der Waals surface area contributed by atoms with Gasteiger partial charge in [0, 0.05) is 18.0 Å². The number of fused-ring (bicyclic) bond motifs is 2. The maximum Gasteiger partial charge on any atom is 0.261 e. The maximum absolute atomic E-state index is 13.4. The lowest BCUT2D eigenvalue weighted by Gasteiger charge is -2.16. The Balaban J connectivity index is 1.58. The summed E-state index contributed by atoms with van der Waals surface area (Å²) in [6, 6.07) is 17.4. The number of H-pyrrole nitrogens is 2. The standard InChI is InChI=1S/C26H25N5O5S/c1-35-21-13-17-20(14-22(21)36-2)31-26(32)23(25-29-18-5-3-4-6-19(18)30-25)24(17)28-12-11-15-7-9-16(10-8-15)37(27,33)34/h3-10,13-14H,11-12H2,1-2H3,(H,29,30)(H2,27,33,34)(H2,28,31,32). The molecule has 0 bridgehead atoms. The molecule has 0 spiro atoms. The normalized spacial score (nSPS) is 11.6. The van der Waals surface area contributed by atoms with Gasteiger partial charge in [-0.2, -0.15) is 0 Å². The first-order valence-electron chi connectivity index (χ1n) is 11.4. The number of nitrogens with zero attached hydrogens (tertiary/aromatic N) is 1. The molecule has 2 heterocycles. The number of nitrogens with two attached hydrogens (primary N) is 1. The molecule has 10 nitrogen and oxygen atoms in total. The number of nitrogens with one attached hydrogen (secondary N) is 3. The van der Waals surface area contributed by atoms with Crippen molar-refractivity contribution in [2.75, 3.05) is 26.1 Å². The van der Waals surface area contributed by atoms with Gasteiger partial charge >= 0.3 is 0 Å². The Kier molecular flexibility index (Phi) is 6.32. The lowest BCUT2D eigenvalue weighted by molar-refractivity contribution is 0.356. The van der Waals surface area contributed by atoms with E-state index in [0.717, 1.165) is 22.0 Å². The van der Waals surface area contributed by atoms with Crippen LogP contribution in [0, 0.1) is 0 Å². The SMILES string of the molecule is COc1cc2[nH]c(=O)c(-c3nc4ccccc4[nH]3)c(NCCc3ccc(S(N)(=O)=O)cc3)c2cc1OC. The number of anilines is 1. The number of imidazole rings is 1. The van der Waals surface area contributed by atoms with Gasteiger partial charge in [-0.15, -0.1) is 0 Å². The van der Waals surface area contributed by atoms with Crippen LogP contribution >= 0.6 is 0 Å². The van der Waals surface area contributed by atoms with E-state index in [1.54, 1.807) is 31.4 Å². The molecule has 5 rings (SSSR count). The van der Waals surface area contributed by atoms with Crippen LogP contribution in [0.4, 0.5) is 5.69 Å². The predicted octanol–water partition coefficient (Wildman–Crippen LogP) is 3.39. The number of hydrogen-bond donors (Lipinski definition) is 4. The minimum absolute atomic E-state index is 0.0537. The molecule has 0 aliphatic heterocycles. The van der Waals surface area contributed by atoms with Crippen molar-refractivity contribution in [2.24, 2.45) is 5.14 Å². The Morgan fingerprint density at radius 3 is 2.32 bits per heavy atom. The molecule has 0 amide bonds. The predicted molar refractivity (Wildman–Crippen MR) is 143 cm³/mol. The van der Waals surface area contributed by atoms with E-state index in [1.165, 1.54) is 19.2 Å². The average molecular weight is 520 g/mol. The number of pyridine rings is 1. The highest BCUT2D eigenvalue weighted by molar-refractivity contribution is 7.89. The quantitative estimate of drug-likeness (QED) is 0.245. The highest BCUT2D eigenvalue weighted by Crippen LogP contribution is 2.37. The van der Waals surface area contributed by atoms with E-state index in [9.17, 15) is 13.2 Å². The van der Waals surface area contributed by atoms with Crippen LogP contribution in [-0.2, 0) is 16.4 Å². The summed E-state index contributed by atoms with van der Waals surface area (Å²) in [5.74, 6) is 1.43. The van der Waals surface area contributed by atoms with Crippen LogP contribution in [-0.4, -0.2) is 44.1 Å². The largest absolute Gasteiger partial charge is 0.493 e. The molecule has 0 aliphatic rings. The summed E-state index contributed by atoms with van der Waals surface area (Å²) in [7, 11) is -0.676. The summed E-state index contributed by atoms with van der Waals surface area (Å²) >= 11 is 0. The fourth-order valence-corrected chi connectivity index (χ4v) is 4.80. The average Bonchev–Trinajstić information content (AvgIpc) is 3.31. The van der Waals surface area contributed by atoms with Gasteiger partial charge in [-0.1, -0.05) is 24.3 Å². The van der Waals surface area contributed by atoms with Gasteiger partial charge in [0.2, 0.25) is 10.0 Å². The molecule has 5 N–H and O–H groups in total. The summed E-state index contributed by atoms with van der Waals surface area (Å²) in [4.78, 5) is 24.2. The summed E-state index contributed by atoms with van der Waals surface area (Å²) < 4.78 is 34.0. The fourth-order valence-electron chi connectivity index (χ4n) is 4.28. The number of primary sulfonamides is 1. The van der Waals surface area contributed by atoms with E-state index in [1.807, 2.05) is 24.3 Å². The second-order valence-electron chi connectivity index (χ2n) is 8.43. The van der Waals surface area contributed by atoms with Gasteiger partial charge in [-0.3, -0.25) is 4.79 Å². The summed E-state index contributed by atoms with van der Waals surface area (Å²) in [5.41, 5.74) is 3.65. The number of aromatic nitrogens is 3. The van der Waals surface area contributed by atoms with Crippen molar-refractivity contribution in [3.63, 3.8) is 0 Å². The molecule has 0 unspecified atom stereocenters. The third-order valence-electron chi connectivity index (χ3n) is 6.11. The molecule has 3 aromatic carbocycles. The number of sulfonamides is 1.